The minimum Gasteiger partial charge on any atom is -0.479 e. The second-order valence-electron chi connectivity index (χ2n) is 8.76. The quantitative estimate of drug-likeness (QED) is 0.639. The zero-order chi connectivity index (χ0) is 22.4. The van der Waals surface area contributed by atoms with Crippen molar-refractivity contribution in [3.05, 3.63) is 82.1 Å². The van der Waals surface area contributed by atoms with Crippen molar-refractivity contribution in [3.8, 4) is 16.9 Å². The summed E-state index contributed by atoms with van der Waals surface area (Å²) in [4.78, 5) is 19.7. The number of halogens is 1. The Morgan fingerprint density at radius 2 is 1.91 bits per heavy atom. The molecule has 0 saturated carbocycles. The van der Waals surface area contributed by atoms with Crippen molar-refractivity contribution in [2.24, 2.45) is 0 Å². The van der Waals surface area contributed by atoms with E-state index in [2.05, 4.69) is 40.6 Å². The van der Waals surface area contributed by atoms with Crippen molar-refractivity contribution in [1.29, 1.82) is 0 Å². The van der Waals surface area contributed by atoms with Crippen LogP contribution >= 0.6 is 11.6 Å². The summed E-state index contributed by atoms with van der Waals surface area (Å²) in [5, 5.41) is 3.94. The lowest BCUT2D eigenvalue weighted by Crippen LogP contribution is -2.50. The number of allylic oxidation sites excluding steroid dienone is 1. The molecule has 6 rings (SSSR count). The van der Waals surface area contributed by atoms with Gasteiger partial charge in [0.25, 0.3) is 5.91 Å². The first kappa shape index (κ1) is 20.5. The average molecular weight is 458 g/mol. The molecule has 0 spiro atoms. The lowest BCUT2D eigenvalue weighted by atomic mass is 9.97. The number of rotatable bonds is 3. The molecule has 1 aromatic heterocycles. The van der Waals surface area contributed by atoms with Gasteiger partial charge < -0.3 is 15.0 Å². The molecule has 0 bridgehead atoms. The van der Waals surface area contributed by atoms with Crippen molar-refractivity contribution in [2.45, 2.75) is 18.9 Å². The van der Waals surface area contributed by atoms with Gasteiger partial charge in [-0.1, -0.05) is 41.9 Å². The highest BCUT2D eigenvalue weighted by molar-refractivity contribution is 6.31. The summed E-state index contributed by atoms with van der Waals surface area (Å²) in [5.74, 6) is 0.823. The predicted molar refractivity (Wildman–Crippen MR) is 130 cm³/mol. The smallest absolute Gasteiger partial charge is 0.264 e. The molecule has 5 nitrogen and oxygen atoms in total. The number of pyridine rings is 1. The zero-order valence-corrected chi connectivity index (χ0v) is 18.9. The molecule has 3 heterocycles. The summed E-state index contributed by atoms with van der Waals surface area (Å²) in [5.41, 5.74) is 7.56. The van der Waals surface area contributed by atoms with E-state index in [1.165, 1.54) is 11.1 Å². The van der Waals surface area contributed by atoms with Gasteiger partial charge in [-0.05, 0) is 41.0 Å². The Hall–Kier alpha value is -3.15. The van der Waals surface area contributed by atoms with E-state index in [0.29, 0.717) is 24.5 Å². The third-order valence-corrected chi connectivity index (χ3v) is 6.90. The molecule has 1 atom stereocenters. The molecule has 2 aromatic carbocycles. The second-order valence-corrected chi connectivity index (χ2v) is 9.20. The number of piperazine rings is 1. The monoisotopic (exact) mass is 457 g/mol. The Balaban J connectivity index is 1.37. The number of amides is 1. The molecule has 1 aliphatic carbocycles. The number of nitrogens with zero attached hydrogens (tertiary/aromatic N) is 2. The molecule has 6 heteroatoms. The topological polar surface area (TPSA) is 54.5 Å². The lowest BCUT2D eigenvalue weighted by molar-refractivity contribution is -0.138. The van der Waals surface area contributed by atoms with E-state index < -0.39 is 6.10 Å². The van der Waals surface area contributed by atoms with Crippen LogP contribution in [0, 0.1) is 0 Å². The fourth-order valence-corrected chi connectivity index (χ4v) is 5.29. The van der Waals surface area contributed by atoms with Crippen molar-refractivity contribution in [2.75, 3.05) is 26.2 Å². The van der Waals surface area contributed by atoms with Crippen LogP contribution in [0.2, 0.25) is 5.02 Å². The maximum atomic E-state index is 13.1. The van der Waals surface area contributed by atoms with Crippen LogP contribution in [-0.4, -0.2) is 48.1 Å². The normalized spacial score (nSPS) is 19.0. The molecule has 166 valence electrons. The van der Waals surface area contributed by atoms with Gasteiger partial charge in [-0.15, -0.1) is 0 Å². The van der Waals surface area contributed by atoms with Gasteiger partial charge in [-0.25, -0.2) is 0 Å². The molecule has 3 aromatic rings. The van der Waals surface area contributed by atoms with Crippen LogP contribution in [0.4, 0.5) is 0 Å². The average Bonchev–Trinajstić information content (AvgIpc) is 3.48. The van der Waals surface area contributed by atoms with Gasteiger partial charge in [0.05, 0.1) is 5.69 Å². The second kappa shape index (κ2) is 8.32. The van der Waals surface area contributed by atoms with Gasteiger partial charge in [0, 0.05) is 66.9 Å². The van der Waals surface area contributed by atoms with E-state index in [1.807, 2.05) is 35.4 Å². The fourth-order valence-electron chi connectivity index (χ4n) is 5.05. The highest BCUT2D eigenvalue weighted by Crippen LogP contribution is 2.45. The highest BCUT2D eigenvalue weighted by atomic mass is 35.5. The maximum Gasteiger partial charge on any atom is 0.264 e. The summed E-state index contributed by atoms with van der Waals surface area (Å²) in [6, 6.07) is 16.3. The molecule has 1 amide bonds. The Bertz CT molecular complexity index is 1270. The Labute approximate surface area is 198 Å². The third-order valence-electron chi connectivity index (χ3n) is 6.68. The molecule has 0 radical (unpaired) electrons. The highest BCUT2D eigenvalue weighted by Gasteiger charge is 2.35. The Morgan fingerprint density at radius 3 is 2.73 bits per heavy atom. The largest absolute Gasteiger partial charge is 0.479 e. The van der Waals surface area contributed by atoms with Crippen molar-refractivity contribution in [3.63, 3.8) is 0 Å². The predicted octanol–water partition coefficient (Wildman–Crippen LogP) is 4.23. The Kier molecular flexibility index (Phi) is 5.16. The number of hydrogen-bond donors (Lipinski definition) is 1. The fraction of sp³-hybridized carbons (Fsp3) is 0.259. The van der Waals surface area contributed by atoms with E-state index in [4.69, 9.17) is 16.3 Å². The maximum absolute atomic E-state index is 13.1. The first-order chi connectivity index (χ1) is 16.2. The third kappa shape index (κ3) is 3.71. The molecule has 2 aliphatic heterocycles. The molecule has 1 fully saturated rings. The number of ether oxygens (including phenoxy) is 1. The molecule has 1 N–H and O–H groups in total. The van der Waals surface area contributed by atoms with Gasteiger partial charge >= 0.3 is 0 Å². The lowest BCUT2D eigenvalue weighted by Gasteiger charge is -2.29. The number of carbonyl (C=O) groups is 1. The summed E-state index contributed by atoms with van der Waals surface area (Å²) >= 11 is 6.54. The van der Waals surface area contributed by atoms with Crippen molar-refractivity contribution >= 4 is 29.2 Å². The summed E-state index contributed by atoms with van der Waals surface area (Å²) in [7, 11) is 0. The van der Waals surface area contributed by atoms with E-state index in [1.54, 1.807) is 0 Å². The molecular weight excluding hydrogens is 434 g/mol. The van der Waals surface area contributed by atoms with Crippen LogP contribution < -0.4 is 10.1 Å². The number of aromatic nitrogens is 1. The minimum atomic E-state index is -0.499. The number of fused-ring (bicyclic) bond motifs is 2. The standard InChI is InChI=1S/C27H24ClN3O2/c28-20-12-19-15-25(27(32)31-10-8-29-9-11-31)33-26(19)23(16-20)21-6-7-30-24-14-18(13-22(21)24)17-4-2-1-3-5-17/h1-7,12-13,16,25,29H,8-11,14-15H2. The molecule has 3 aliphatic rings. The molecule has 1 saturated heterocycles. The number of carbonyl (C=O) groups excluding carboxylic acids is 1. The molecular formula is C27H24ClN3O2. The van der Waals surface area contributed by atoms with Crippen LogP contribution in [-0.2, 0) is 17.6 Å². The van der Waals surface area contributed by atoms with Crippen LogP contribution in [0.1, 0.15) is 22.4 Å². The first-order valence-corrected chi connectivity index (χ1v) is 11.8. The number of hydrogen-bond acceptors (Lipinski definition) is 4. The van der Waals surface area contributed by atoms with E-state index in [-0.39, 0.29) is 5.91 Å². The minimum absolute atomic E-state index is 0.0565. The van der Waals surface area contributed by atoms with Gasteiger partial charge in [-0.2, -0.15) is 0 Å². The Morgan fingerprint density at radius 1 is 1.09 bits per heavy atom. The van der Waals surface area contributed by atoms with Gasteiger partial charge in [0.15, 0.2) is 6.10 Å². The molecule has 33 heavy (non-hydrogen) atoms. The summed E-state index contributed by atoms with van der Waals surface area (Å²) < 4.78 is 6.32. The van der Waals surface area contributed by atoms with Crippen LogP contribution in [0.15, 0.2) is 54.7 Å². The van der Waals surface area contributed by atoms with Crippen LogP contribution in [0.5, 0.6) is 5.75 Å². The van der Waals surface area contributed by atoms with E-state index in [9.17, 15) is 4.79 Å². The van der Waals surface area contributed by atoms with Crippen molar-refractivity contribution in [1.82, 2.24) is 15.2 Å². The van der Waals surface area contributed by atoms with Crippen LogP contribution in [0.3, 0.4) is 0 Å². The molecule has 1 unspecified atom stereocenters. The van der Waals surface area contributed by atoms with Gasteiger partial charge in [0.2, 0.25) is 0 Å². The summed E-state index contributed by atoms with van der Waals surface area (Å²) in [6.45, 7) is 3.07. The van der Waals surface area contributed by atoms with Crippen LogP contribution in [0.25, 0.3) is 22.8 Å². The van der Waals surface area contributed by atoms with E-state index in [0.717, 1.165) is 53.2 Å². The number of benzene rings is 2. The zero-order valence-electron chi connectivity index (χ0n) is 18.2. The summed E-state index contributed by atoms with van der Waals surface area (Å²) in [6.07, 6.45) is 4.91. The number of nitrogens with one attached hydrogen (secondary N) is 1. The van der Waals surface area contributed by atoms with E-state index >= 15 is 0 Å². The SMILES string of the molecule is O=C(C1Cc2cc(Cl)cc(-c3ccnc4c3C=C(c3ccccc3)C4)c2O1)N1CCNCC1. The van der Waals surface area contributed by atoms with Crippen molar-refractivity contribution < 1.29 is 9.53 Å². The van der Waals surface area contributed by atoms with Gasteiger partial charge in [0.1, 0.15) is 5.75 Å². The first-order valence-electron chi connectivity index (χ1n) is 11.4. The van der Waals surface area contributed by atoms with Gasteiger partial charge in [-0.3, -0.25) is 9.78 Å².